The van der Waals surface area contributed by atoms with E-state index < -0.39 is 0 Å². The predicted molar refractivity (Wildman–Crippen MR) is 78.4 cm³/mol. The van der Waals surface area contributed by atoms with E-state index >= 15 is 0 Å². The molecule has 2 aliphatic rings. The van der Waals surface area contributed by atoms with Gasteiger partial charge in [0.15, 0.2) is 5.82 Å². The zero-order chi connectivity index (χ0) is 13.5. The molecular weight excluding hydrogens is 280 g/mol. The molecule has 0 aromatic carbocycles. The van der Waals surface area contributed by atoms with Crippen LogP contribution in [0.15, 0.2) is 0 Å². The smallest absolute Gasteiger partial charge is 0.162 e. The van der Waals surface area contributed by atoms with E-state index in [2.05, 4.69) is 11.9 Å². The molecule has 0 amide bonds. The molecule has 1 aromatic rings. The number of ether oxygens (including phenoxy) is 1. The standard InChI is InChI=1S/C14H19ClN2OS/c1-9-3-5-14(18-2,6-4-9)13-16-11-8-19-7-10(11)12(15)17-13/h9H,3-8H2,1-2H3. The number of nitrogens with zero attached hydrogens (tertiary/aromatic N) is 2. The summed E-state index contributed by atoms with van der Waals surface area (Å²) in [5.41, 5.74) is 1.90. The van der Waals surface area contributed by atoms with Gasteiger partial charge in [-0.3, -0.25) is 0 Å². The molecule has 0 atom stereocenters. The highest BCUT2D eigenvalue weighted by Crippen LogP contribution is 2.42. The van der Waals surface area contributed by atoms with Crippen molar-refractivity contribution in [2.75, 3.05) is 7.11 Å². The average Bonchev–Trinajstić information content (AvgIpc) is 2.89. The zero-order valence-corrected chi connectivity index (χ0v) is 13.0. The summed E-state index contributed by atoms with van der Waals surface area (Å²) in [4.78, 5) is 9.32. The summed E-state index contributed by atoms with van der Waals surface area (Å²) >= 11 is 8.17. The van der Waals surface area contributed by atoms with Crippen molar-refractivity contribution in [1.29, 1.82) is 0 Å². The van der Waals surface area contributed by atoms with Crippen molar-refractivity contribution in [3.63, 3.8) is 0 Å². The third kappa shape index (κ3) is 2.39. The van der Waals surface area contributed by atoms with Gasteiger partial charge in [0, 0.05) is 24.2 Å². The Labute approximate surface area is 123 Å². The van der Waals surface area contributed by atoms with Crippen molar-refractivity contribution in [2.24, 2.45) is 5.92 Å². The molecule has 104 valence electrons. The molecule has 0 bridgehead atoms. The topological polar surface area (TPSA) is 35.0 Å². The van der Waals surface area contributed by atoms with E-state index in [0.29, 0.717) is 5.15 Å². The maximum Gasteiger partial charge on any atom is 0.162 e. The van der Waals surface area contributed by atoms with Gasteiger partial charge in [-0.15, -0.1) is 0 Å². The van der Waals surface area contributed by atoms with E-state index in [4.69, 9.17) is 21.3 Å². The Morgan fingerprint density at radius 1 is 1.26 bits per heavy atom. The number of hydrogen-bond acceptors (Lipinski definition) is 4. The molecule has 0 radical (unpaired) electrons. The van der Waals surface area contributed by atoms with Crippen LogP contribution in [0.1, 0.15) is 49.7 Å². The summed E-state index contributed by atoms with van der Waals surface area (Å²) in [6.07, 6.45) is 4.32. The number of thioether (sulfide) groups is 1. The average molecular weight is 299 g/mol. The van der Waals surface area contributed by atoms with Crippen LogP contribution >= 0.6 is 23.4 Å². The van der Waals surface area contributed by atoms with E-state index in [1.807, 2.05) is 11.8 Å². The van der Waals surface area contributed by atoms with Crippen molar-refractivity contribution < 1.29 is 4.74 Å². The first-order valence-corrected chi connectivity index (χ1v) is 8.36. The summed E-state index contributed by atoms with van der Waals surface area (Å²) in [7, 11) is 1.77. The molecule has 2 heterocycles. The summed E-state index contributed by atoms with van der Waals surface area (Å²) in [5.74, 6) is 3.45. The summed E-state index contributed by atoms with van der Waals surface area (Å²) in [5, 5.41) is 0.625. The van der Waals surface area contributed by atoms with E-state index in [9.17, 15) is 0 Å². The molecule has 3 nitrogen and oxygen atoms in total. The number of aromatic nitrogens is 2. The fraction of sp³-hybridized carbons (Fsp3) is 0.714. The molecule has 0 unspecified atom stereocenters. The summed E-state index contributed by atoms with van der Waals surface area (Å²) in [6.45, 7) is 2.30. The third-order valence-corrected chi connectivity index (χ3v) is 5.69. The molecule has 1 fully saturated rings. The lowest BCUT2D eigenvalue weighted by molar-refractivity contribution is -0.0598. The van der Waals surface area contributed by atoms with Crippen molar-refractivity contribution in [2.45, 2.75) is 49.7 Å². The monoisotopic (exact) mass is 298 g/mol. The molecule has 3 rings (SSSR count). The van der Waals surface area contributed by atoms with Gasteiger partial charge in [-0.05, 0) is 31.6 Å². The van der Waals surface area contributed by atoms with Crippen LogP contribution in [0, 0.1) is 5.92 Å². The van der Waals surface area contributed by atoms with Crippen molar-refractivity contribution >= 4 is 23.4 Å². The Bertz CT molecular complexity index is 487. The minimum absolute atomic E-state index is 0.321. The molecule has 1 saturated carbocycles. The normalized spacial score (nSPS) is 30.4. The third-order valence-electron chi connectivity index (χ3n) is 4.41. The Kier molecular flexibility index (Phi) is 3.76. The van der Waals surface area contributed by atoms with Gasteiger partial charge in [0.05, 0.1) is 5.69 Å². The van der Waals surface area contributed by atoms with Crippen LogP contribution in [-0.2, 0) is 21.8 Å². The van der Waals surface area contributed by atoms with E-state index in [0.717, 1.165) is 47.3 Å². The highest BCUT2D eigenvalue weighted by atomic mass is 35.5. The van der Waals surface area contributed by atoms with Gasteiger partial charge in [-0.2, -0.15) is 11.8 Å². The Balaban J connectivity index is 1.98. The fourth-order valence-corrected chi connectivity index (χ4v) is 4.34. The molecular formula is C14H19ClN2OS. The first-order chi connectivity index (χ1) is 9.14. The Morgan fingerprint density at radius 3 is 2.68 bits per heavy atom. The molecule has 0 spiro atoms. The SMILES string of the molecule is COC1(c2nc(Cl)c3c(n2)CSC3)CCC(C)CC1. The Hall–Kier alpha value is -0.320. The number of halogens is 1. The zero-order valence-electron chi connectivity index (χ0n) is 11.4. The highest BCUT2D eigenvalue weighted by Gasteiger charge is 2.39. The first-order valence-electron chi connectivity index (χ1n) is 6.83. The second kappa shape index (κ2) is 5.23. The lowest BCUT2D eigenvalue weighted by Crippen LogP contribution is -2.35. The van der Waals surface area contributed by atoms with Gasteiger partial charge in [0.25, 0.3) is 0 Å². The predicted octanol–water partition coefficient (Wildman–Crippen LogP) is 3.93. The van der Waals surface area contributed by atoms with Gasteiger partial charge in [0.1, 0.15) is 10.8 Å². The van der Waals surface area contributed by atoms with Gasteiger partial charge in [0.2, 0.25) is 0 Å². The van der Waals surface area contributed by atoms with Crippen LogP contribution in [0.5, 0.6) is 0 Å². The highest BCUT2D eigenvalue weighted by molar-refractivity contribution is 7.98. The summed E-state index contributed by atoms with van der Waals surface area (Å²) in [6, 6.07) is 0. The molecule has 1 aliphatic carbocycles. The van der Waals surface area contributed by atoms with E-state index in [1.165, 1.54) is 12.8 Å². The molecule has 0 N–H and O–H groups in total. The van der Waals surface area contributed by atoms with Crippen molar-refractivity contribution in [1.82, 2.24) is 9.97 Å². The second-order valence-corrected chi connectivity index (χ2v) is 6.98. The minimum Gasteiger partial charge on any atom is -0.370 e. The first kappa shape index (κ1) is 13.7. The van der Waals surface area contributed by atoms with Crippen LogP contribution < -0.4 is 0 Å². The fourth-order valence-electron chi connectivity index (χ4n) is 2.96. The lowest BCUT2D eigenvalue weighted by atomic mass is 9.79. The number of methoxy groups -OCH3 is 1. The van der Waals surface area contributed by atoms with Crippen LogP contribution in [0.3, 0.4) is 0 Å². The molecule has 1 aromatic heterocycles. The van der Waals surface area contributed by atoms with Gasteiger partial charge in [-0.25, -0.2) is 9.97 Å². The number of hydrogen-bond donors (Lipinski definition) is 0. The number of fused-ring (bicyclic) bond motifs is 1. The summed E-state index contributed by atoms with van der Waals surface area (Å²) < 4.78 is 5.84. The maximum absolute atomic E-state index is 6.32. The maximum atomic E-state index is 6.32. The second-order valence-electron chi connectivity index (χ2n) is 5.64. The Morgan fingerprint density at radius 2 is 2.00 bits per heavy atom. The molecule has 0 saturated heterocycles. The van der Waals surface area contributed by atoms with Crippen LogP contribution in [0.25, 0.3) is 0 Å². The minimum atomic E-state index is -0.321. The van der Waals surface area contributed by atoms with Gasteiger partial charge >= 0.3 is 0 Å². The molecule has 1 aliphatic heterocycles. The lowest BCUT2D eigenvalue weighted by Gasteiger charge is -2.37. The quantitative estimate of drug-likeness (QED) is 0.775. The van der Waals surface area contributed by atoms with E-state index in [-0.39, 0.29) is 5.60 Å². The largest absolute Gasteiger partial charge is 0.370 e. The number of rotatable bonds is 2. The molecule has 19 heavy (non-hydrogen) atoms. The van der Waals surface area contributed by atoms with Gasteiger partial charge in [-0.1, -0.05) is 18.5 Å². The van der Waals surface area contributed by atoms with Crippen LogP contribution in [0.2, 0.25) is 5.15 Å². The van der Waals surface area contributed by atoms with Crippen molar-refractivity contribution in [3.05, 3.63) is 22.2 Å². The molecule has 5 heteroatoms. The van der Waals surface area contributed by atoms with Crippen LogP contribution in [0.4, 0.5) is 0 Å². The van der Waals surface area contributed by atoms with E-state index in [1.54, 1.807) is 7.11 Å². The van der Waals surface area contributed by atoms with Gasteiger partial charge < -0.3 is 4.74 Å². The van der Waals surface area contributed by atoms with Crippen LogP contribution in [-0.4, -0.2) is 17.1 Å². The van der Waals surface area contributed by atoms with Crippen molar-refractivity contribution in [3.8, 4) is 0 Å².